The van der Waals surface area contributed by atoms with Gasteiger partial charge in [0.05, 0.1) is 17.8 Å². The summed E-state index contributed by atoms with van der Waals surface area (Å²) in [4.78, 5) is 20.8. The minimum atomic E-state index is -0.298. The molecule has 0 bridgehead atoms. The summed E-state index contributed by atoms with van der Waals surface area (Å²) >= 11 is 0. The van der Waals surface area contributed by atoms with E-state index in [1.165, 1.54) is 12.1 Å². The van der Waals surface area contributed by atoms with Gasteiger partial charge in [-0.1, -0.05) is 5.16 Å². The van der Waals surface area contributed by atoms with Crippen molar-refractivity contribution in [3.05, 3.63) is 71.9 Å². The van der Waals surface area contributed by atoms with Crippen molar-refractivity contribution in [1.29, 1.82) is 0 Å². The Hall–Kier alpha value is -3.55. The van der Waals surface area contributed by atoms with Gasteiger partial charge in [0.1, 0.15) is 11.5 Å². The number of carbonyl (C=O) groups excluding carboxylic acids is 1. The number of pyridine rings is 1. The molecule has 26 heavy (non-hydrogen) atoms. The maximum atomic E-state index is 13.1. The first-order valence-electron chi connectivity index (χ1n) is 7.90. The molecule has 4 aromatic rings. The molecule has 130 valence electrons. The van der Waals surface area contributed by atoms with Gasteiger partial charge in [-0.25, -0.2) is 9.37 Å². The van der Waals surface area contributed by atoms with E-state index >= 15 is 0 Å². The van der Waals surface area contributed by atoms with Crippen LogP contribution in [0.1, 0.15) is 22.1 Å². The highest BCUT2D eigenvalue weighted by atomic mass is 19.1. The van der Waals surface area contributed by atoms with Crippen molar-refractivity contribution in [1.82, 2.24) is 24.8 Å². The second-order valence-electron chi connectivity index (χ2n) is 5.73. The molecule has 0 radical (unpaired) electrons. The third kappa shape index (κ3) is 3.16. The van der Waals surface area contributed by atoms with Crippen LogP contribution in [-0.4, -0.2) is 25.4 Å². The molecule has 1 N–H and O–H groups in total. The molecule has 1 aromatic carbocycles. The lowest BCUT2D eigenvalue weighted by Crippen LogP contribution is -2.23. The molecule has 0 fully saturated rings. The molecule has 0 spiro atoms. The van der Waals surface area contributed by atoms with E-state index in [0.717, 1.165) is 5.56 Å². The van der Waals surface area contributed by atoms with Crippen LogP contribution in [-0.2, 0) is 6.54 Å². The van der Waals surface area contributed by atoms with Crippen molar-refractivity contribution in [2.24, 2.45) is 0 Å². The first-order valence-corrected chi connectivity index (χ1v) is 7.90. The molecule has 0 aliphatic heterocycles. The molecule has 8 heteroatoms. The lowest BCUT2D eigenvalue weighted by molar-refractivity contribution is 0.0949. The van der Waals surface area contributed by atoms with Crippen molar-refractivity contribution in [2.75, 3.05) is 0 Å². The number of benzene rings is 1. The molecule has 0 unspecified atom stereocenters. The normalized spacial score (nSPS) is 11.0. The van der Waals surface area contributed by atoms with Gasteiger partial charge < -0.3 is 14.2 Å². The number of hydrogen-bond acceptors (Lipinski definition) is 5. The van der Waals surface area contributed by atoms with E-state index in [0.29, 0.717) is 28.6 Å². The first kappa shape index (κ1) is 15.9. The Morgan fingerprint density at radius 1 is 1.15 bits per heavy atom. The number of hydrogen-bond donors (Lipinski definition) is 1. The Kier molecular flexibility index (Phi) is 3.92. The molecule has 0 aliphatic carbocycles. The lowest BCUT2D eigenvalue weighted by atomic mass is 10.2. The van der Waals surface area contributed by atoms with Crippen molar-refractivity contribution < 1.29 is 13.7 Å². The highest BCUT2D eigenvalue weighted by Crippen LogP contribution is 2.20. The molecule has 0 aliphatic rings. The molecule has 7 nitrogen and oxygen atoms in total. The smallest absolute Gasteiger partial charge is 0.253 e. The average molecular weight is 351 g/mol. The van der Waals surface area contributed by atoms with Crippen LogP contribution in [0.15, 0.2) is 53.3 Å². The molecule has 0 saturated carbocycles. The predicted octanol–water partition coefficient (Wildman–Crippen LogP) is 2.76. The van der Waals surface area contributed by atoms with Crippen LogP contribution in [0.4, 0.5) is 4.39 Å². The van der Waals surface area contributed by atoms with Gasteiger partial charge in [-0.2, -0.15) is 4.98 Å². The Balaban J connectivity index is 1.55. The molecular formula is C18H14FN5O2. The summed E-state index contributed by atoms with van der Waals surface area (Å²) in [6, 6.07) is 9.54. The van der Waals surface area contributed by atoms with E-state index in [-0.39, 0.29) is 18.3 Å². The van der Waals surface area contributed by atoms with Crippen molar-refractivity contribution >= 4 is 11.6 Å². The lowest BCUT2D eigenvalue weighted by Gasteiger charge is -2.03. The Morgan fingerprint density at radius 3 is 2.69 bits per heavy atom. The summed E-state index contributed by atoms with van der Waals surface area (Å²) in [5.74, 6) is 0.306. The van der Waals surface area contributed by atoms with E-state index in [1.54, 1.807) is 48.0 Å². The van der Waals surface area contributed by atoms with Gasteiger partial charge in [0.25, 0.3) is 5.91 Å². The Morgan fingerprint density at radius 2 is 1.96 bits per heavy atom. The number of carbonyl (C=O) groups is 1. The van der Waals surface area contributed by atoms with Gasteiger partial charge in [0.15, 0.2) is 5.82 Å². The van der Waals surface area contributed by atoms with Crippen molar-refractivity contribution in [3.8, 4) is 11.3 Å². The molecule has 4 rings (SSSR count). The second-order valence-corrected chi connectivity index (χ2v) is 5.73. The number of rotatable bonds is 4. The average Bonchev–Trinajstić information content (AvgIpc) is 3.25. The fourth-order valence-corrected chi connectivity index (χ4v) is 2.56. The Bertz CT molecular complexity index is 1080. The van der Waals surface area contributed by atoms with Gasteiger partial charge in [0.2, 0.25) is 5.89 Å². The highest BCUT2D eigenvalue weighted by molar-refractivity contribution is 5.94. The number of fused-ring (bicyclic) bond motifs is 1. The van der Waals surface area contributed by atoms with Gasteiger partial charge in [-0.05, 0) is 36.4 Å². The fourth-order valence-electron chi connectivity index (χ4n) is 2.56. The van der Waals surface area contributed by atoms with Gasteiger partial charge in [-0.15, -0.1) is 0 Å². The quantitative estimate of drug-likeness (QED) is 0.611. The van der Waals surface area contributed by atoms with E-state index in [9.17, 15) is 9.18 Å². The molecule has 0 atom stereocenters. The van der Waals surface area contributed by atoms with Gasteiger partial charge >= 0.3 is 0 Å². The molecular weight excluding hydrogens is 337 g/mol. The Labute approximate surface area is 147 Å². The minimum absolute atomic E-state index is 0.180. The largest absolute Gasteiger partial charge is 0.345 e. The van der Waals surface area contributed by atoms with Crippen LogP contribution < -0.4 is 5.32 Å². The first-order chi connectivity index (χ1) is 12.6. The summed E-state index contributed by atoms with van der Waals surface area (Å²) in [5.41, 5.74) is 2.66. The summed E-state index contributed by atoms with van der Waals surface area (Å²) in [7, 11) is 0. The monoisotopic (exact) mass is 351 g/mol. The number of aryl methyl sites for hydroxylation is 1. The minimum Gasteiger partial charge on any atom is -0.345 e. The maximum absolute atomic E-state index is 13.1. The summed E-state index contributed by atoms with van der Waals surface area (Å²) in [5, 5.41) is 6.47. The van der Waals surface area contributed by atoms with Crippen LogP contribution in [0.5, 0.6) is 0 Å². The van der Waals surface area contributed by atoms with Crippen LogP contribution >= 0.6 is 0 Å². The van der Waals surface area contributed by atoms with Crippen LogP contribution in [0.2, 0.25) is 0 Å². The molecule has 3 heterocycles. The summed E-state index contributed by atoms with van der Waals surface area (Å²) in [6.45, 7) is 1.86. The second kappa shape index (κ2) is 6.40. The summed E-state index contributed by atoms with van der Waals surface area (Å²) in [6.07, 6.45) is 3.48. The molecule has 0 saturated heterocycles. The number of imidazole rings is 1. The predicted molar refractivity (Wildman–Crippen MR) is 90.8 cm³/mol. The maximum Gasteiger partial charge on any atom is 0.253 e. The van der Waals surface area contributed by atoms with Crippen LogP contribution in [0.3, 0.4) is 0 Å². The standard InChI is InChI=1S/C18H14FN5O2/c1-11-21-16(23-26-11)8-20-18(25)13-4-7-17-22-15(10-24(17)9-13)12-2-5-14(19)6-3-12/h2-7,9-10H,8H2,1H3,(H,20,25). The third-order valence-electron chi connectivity index (χ3n) is 3.83. The SMILES string of the molecule is Cc1nc(CNC(=O)c2ccc3nc(-c4ccc(F)cc4)cn3c2)no1. The zero-order valence-corrected chi connectivity index (χ0v) is 13.8. The number of nitrogens with one attached hydrogen (secondary N) is 1. The number of aromatic nitrogens is 4. The van der Waals surface area contributed by atoms with Crippen molar-refractivity contribution in [3.63, 3.8) is 0 Å². The number of halogens is 1. The highest BCUT2D eigenvalue weighted by Gasteiger charge is 2.11. The van der Waals surface area contributed by atoms with Crippen molar-refractivity contribution in [2.45, 2.75) is 13.5 Å². The van der Waals surface area contributed by atoms with Crippen LogP contribution in [0.25, 0.3) is 16.9 Å². The fraction of sp³-hybridized carbons (Fsp3) is 0.111. The zero-order chi connectivity index (χ0) is 18.1. The van der Waals surface area contributed by atoms with E-state index < -0.39 is 0 Å². The number of nitrogens with zero attached hydrogens (tertiary/aromatic N) is 4. The third-order valence-corrected chi connectivity index (χ3v) is 3.83. The number of amides is 1. The molecule has 1 amide bonds. The summed E-state index contributed by atoms with van der Waals surface area (Å²) < 4.78 is 19.7. The molecule has 3 aromatic heterocycles. The zero-order valence-electron chi connectivity index (χ0n) is 13.8. The van der Waals surface area contributed by atoms with E-state index in [4.69, 9.17) is 4.52 Å². The van der Waals surface area contributed by atoms with E-state index in [1.807, 2.05) is 0 Å². The topological polar surface area (TPSA) is 85.3 Å². The van der Waals surface area contributed by atoms with Crippen LogP contribution in [0, 0.1) is 12.7 Å². The van der Waals surface area contributed by atoms with E-state index in [2.05, 4.69) is 20.4 Å². The van der Waals surface area contributed by atoms with Gasteiger partial charge in [0, 0.05) is 24.9 Å². The van der Waals surface area contributed by atoms with Gasteiger partial charge in [-0.3, -0.25) is 4.79 Å².